The Hall–Kier alpha value is -1.75. The van der Waals surface area contributed by atoms with Gasteiger partial charge in [0.05, 0.1) is 6.61 Å². The Morgan fingerprint density at radius 3 is 2.48 bits per heavy atom. The van der Waals surface area contributed by atoms with Crippen LogP contribution >= 0.6 is 0 Å². The summed E-state index contributed by atoms with van der Waals surface area (Å²) >= 11 is 0. The molecule has 0 saturated heterocycles. The first-order valence-electron chi connectivity index (χ1n) is 6.99. The number of ether oxygens (including phenoxy) is 1. The topological polar surface area (TPSA) is 78.8 Å². The number of aliphatic hydroxyl groups is 1. The molecule has 1 atom stereocenters. The standard InChI is InChI=1S/C16H25NO4/c1-15(2,3)21-14(20)17-10-16(4,11-18)9-12-6-5-7-13(19)8-12/h5-8,18-19H,9-11H2,1-4H3,(H,17,20). The number of hydrogen-bond acceptors (Lipinski definition) is 4. The molecule has 0 aromatic heterocycles. The zero-order valence-corrected chi connectivity index (χ0v) is 13.1. The van der Waals surface area contributed by atoms with Crippen molar-refractivity contribution >= 4 is 6.09 Å². The number of aromatic hydroxyl groups is 1. The molecule has 1 amide bonds. The largest absolute Gasteiger partial charge is 0.508 e. The molecule has 0 aliphatic carbocycles. The number of phenolic OH excluding ortho intramolecular Hbond substituents is 1. The summed E-state index contributed by atoms with van der Waals surface area (Å²) in [5.41, 5.74) is -0.173. The first-order valence-corrected chi connectivity index (χ1v) is 6.99. The van der Waals surface area contributed by atoms with Crippen molar-refractivity contribution in [2.24, 2.45) is 5.41 Å². The maximum absolute atomic E-state index is 11.7. The Kier molecular flexibility index (Phi) is 5.61. The van der Waals surface area contributed by atoms with Crippen molar-refractivity contribution in [1.82, 2.24) is 5.32 Å². The van der Waals surface area contributed by atoms with Gasteiger partial charge in [-0.25, -0.2) is 4.79 Å². The minimum Gasteiger partial charge on any atom is -0.508 e. The predicted octanol–water partition coefficient (Wildman–Crippen LogP) is 2.46. The van der Waals surface area contributed by atoms with E-state index in [1.807, 2.05) is 13.0 Å². The third kappa shape index (κ3) is 6.49. The van der Waals surface area contributed by atoms with E-state index in [0.717, 1.165) is 5.56 Å². The van der Waals surface area contributed by atoms with Crippen LogP contribution < -0.4 is 5.32 Å². The molecular formula is C16H25NO4. The van der Waals surface area contributed by atoms with E-state index < -0.39 is 17.1 Å². The monoisotopic (exact) mass is 295 g/mol. The average molecular weight is 295 g/mol. The summed E-state index contributed by atoms with van der Waals surface area (Å²) in [6, 6.07) is 6.88. The van der Waals surface area contributed by atoms with Crippen LogP contribution in [0.3, 0.4) is 0 Å². The summed E-state index contributed by atoms with van der Waals surface area (Å²) in [7, 11) is 0. The third-order valence-electron chi connectivity index (χ3n) is 2.98. The van der Waals surface area contributed by atoms with Gasteiger partial charge in [-0.05, 0) is 44.9 Å². The molecule has 21 heavy (non-hydrogen) atoms. The fraction of sp³-hybridized carbons (Fsp3) is 0.562. The van der Waals surface area contributed by atoms with E-state index in [9.17, 15) is 15.0 Å². The maximum atomic E-state index is 11.7. The van der Waals surface area contributed by atoms with Crippen LogP contribution in [0.15, 0.2) is 24.3 Å². The molecule has 3 N–H and O–H groups in total. The molecule has 0 heterocycles. The van der Waals surface area contributed by atoms with Crippen molar-refractivity contribution in [3.8, 4) is 5.75 Å². The zero-order valence-electron chi connectivity index (χ0n) is 13.1. The molecule has 1 rings (SSSR count). The van der Waals surface area contributed by atoms with Crippen molar-refractivity contribution in [3.05, 3.63) is 29.8 Å². The first-order chi connectivity index (χ1) is 9.63. The molecule has 5 heteroatoms. The van der Waals surface area contributed by atoms with Crippen LogP contribution in [0.1, 0.15) is 33.3 Å². The van der Waals surface area contributed by atoms with Gasteiger partial charge in [0, 0.05) is 12.0 Å². The van der Waals surface area contributed by atoms with Crippen LogP contribution in [0.25, 0.3) is 0 Å². The molecule has 0 aliphatic rings. The summed E-state index contributed by atoms with van der Waals surface area (Å²) in [5.74, 6) is 0.188. The number of carbonyl (C=O) groups is 1. The lowest BCUT2D eigenvalue weighted by molar-refractivity contribution is 0.0478. The second-order valence-corrected chi connectivity index (χ2v) is 6.67. The normalized spacial score (nSPS) is 14.3. The van der Waals surface area contributed by atoms with Crippen molar-refractivity contribution in [1.29, 1.82) is 0 Å². The summed E-state index contributed by atoms with van der Waals surface area (Å²) < 4.78 is 5.18. The Morgan fingerprint density at radius 1 is 1.29 bits per heavy atom. The second-order valence-electron chi connectivity index (χ2n) is 6.67. The van der Waals surface area contributed by atoms with Gasteiger partial charge in [0.1, 0.15) is 11.4 Å². The Bertz CT molecular complexity index is 481. The minimum atomic E-state index is -0.551. The number of phenols is 1. The molecule has 5 nitrogen and oxygen atoms in total. The quantitative estimate of drug-likeness (QED) is 0.779. The number of aliphatic hydroxyl groups excluding tert-OH is 1. The Labute approximate surface area is 125 Å². The molecule has 0 saturated carbocycles. The van der Waals surface area contributed by atoms with E-state index in [2.05, 4.69) is 5.32 Å². The number of hydrogen-bond donors (Lipinski definition) is 3. The molecule has 1 unspecified atom stereocenters. The van der Waals surface area contributed by atoms with E-state index in [1.54, 1.807) is 39.0 Å². The van der Waals surface area contributed by atoms with Crippen molar-refractivity contribution in [2.75, 3.05) is 13.2 Å². The summed E-state index contributed by atoms with van der Waals surface area (Å²) in [6.07, 6.45) is 0.0336. The first kappa shape index (κ1) is 17.3. The lowest BCUT2D eigenvalue weighted by atomic mass is 9.84. The number of amides is 1. The lowest BCUT2D eigenvalue weighted by Crippen LogP contribution is -2.41. The molecule has 0 aliphatic heterocycles. The highest BCUT2D eigenvalue weighted by Gasteiger charge is 2.26. The van der Waals surface area contributed by atoms with Crippen molar-refractivity contribution in [3.63, 3.8) is 0 Å². The number of nitrogens with one attached hydrogen (secondary N) is 1. The minimum absolute atomic E-state index is 0.0849. The fourth-order valence-corrected chi connectivity index (χ4v) is 1.93. The van der Waals surface area contributed by atoms with Gasteiger partial charge in [-0.1, -0.05) is 19.1 Å². The highest BCUT2D eigenvalue weighted by Crippen LogP contribution is 2.23. The van der Waals surface area contributed by atoms with Gasteiger partial charge in [-0.15, -0.1) is 0 Å². The molecule has 1 aromatic carbocycles. The summed E-state index contributed by atoms with van der Waals surface area (Å²) in [6.45, 7) is 7.46. The highest BCUT2D eigenvalue weighted by molar-refractivity contribution is 5.67. The SMILES string of the molecule is CC(CO)(CNC(=O)OC(C)(C)C)Cc1cccc(O)c1. The van der Waals surface area contributed by atoms with Crippen LogP contribution in [0.4, 0.5) is 4.79 Å². The van der Waals surface area contributed by atoms with Gasteiger partial charge in [-0.3, -0.25) is 0 Å². The van der Waals surface area contributed by atoms with Crippen LogP contribution in [0.5, 0.6) is 5.75 Å². The van der Waals surface area contributed by atoms with Crippen molar-refractivity contribution in [2.45, 2.75) is 39.7 Å². The molecular weight excluding hydrogens is 270 g/mol. The van der Waals surface area contributed by atoms with Gasteiger partial charge in [0.15, 0.2) is 0 Å². The van der Waals surface area contributed by atoms with Gasteiger partial charge in [-0.2, -0.15) is 0 Å². The second kappa shape index (κ2) is 6.80. The molecule has 0 fully saturated rings. The zero-order chi connectivity index (χ0) is 16.1. The van der Waals surface area contributed by atoms with Crippen LogP contribution in [-0.2, 0) is 11.2 Å². The van der Waals surface area contributed by atoms with E-state index in [4.69, 9.17) is 4.74 Å². The highest BCUT2D eigenvalue weighted by atomic mass is 16.6. The number of carbonyl (C=O) groups excluding carboxylic acids is 1. The van der Waals surface area contributed by atoms with Crippen LogP contribution in [0.2, 0.25) is 0 Å². The Morgan fingerprint density at radius 2 is 1.95 bits per heavy atom. The van der Waals surface area contributed by atoms with E-state index in [1.165, 1.54) is 0 Å². The molecule has 1 aromatic rings. The van der Waals surface area contributed by atoms with Crippen molar-refractivity contribution < 1.29 is 19.7 Å². The van der Waals surface area contributed by atoms with Gasteiger partial charge in [0.2, 0.25) is 0 Å². The van der Waals surface area contributed by atoms with E-state index in [0.29, 0.717) is 6.42 Å². The molecule has 0 spiro atoms. The predicted molar refractivity (Wildman–Crippen MR) is 81.2 cm³/mol. The van der Waals surface area contributed by atoms with Gasteiger partial charge in [0.25, 0.3) is 0 Å². The maximum Gasteiger partial charge on any atom is 0.407 e. The number of alkyl carbamates (subject to hydrolysis) is 1. The van der Waals surface area contributed by atoms with Gasteiger partial charge >= 0.3 is 6.09 Å². The van der Waals surface area contributed by atoms with E-state index >= 15 is 0 Å². The van der Waals surface area contributed by atoms with Crippen LogP contribution in [0, 0.1) is 5.41 Å². The van der Waals surface area contributed by atoms with Gasteiger partial charge < -0.3 is 20.3 Å². The summed E-state index contributed by atoms with van der Waals surface area (Å²) in [4.78, 5) is 11.7. The smallest absolute Gasteiger partial charge is 0.407 e. The molecule has 0 radical (unpaired) electrons. The summed E-state index contributed by atoms with van der Waals surface area (Å²) in [5, 5.41) is 21.8. The number of benzene rings is 1. The van der Waals surface area contributed by atoms with Crippen LogP contribution in [-0.4, -0.2) is 35.1 Å². The van der Waals surface area contributed by atoms with E-state index in [-0.39, 0.29) is 18.9 Å². The average Bonchev–Trinajstić information content (AvgIpc) is 2.34. The Balaban J connectivity index is 2.62. The number of rotatable bonds is 5. The fourth-order valence-electron chi connectivity index (χ4n) is 1.93. The lowest BCUT2D eigenvalue weighted by Gasteiger charge is -2.28. The molecule has 118 valence electrons. The third-order valence-corrected chi connectivity index (χ3v) is 2.98. The molecule has 0 bridgehead atoms.